The maximum Gasteiger partial charge on any atom is 0.147 e. The second-order valence-corrected chi connectivity index (χ2v) is 13.7. The average Bonchev–Trinajstić information content (AvgIpc) is 3.10. The molecule has 7 heteroatoms. The predicted molar refractivity (Wildman–Crippen MR) is 185 cm³/mol. The Kier molecular flexibility index (Phi) is 9.09. The maximum absolute atomic E-state index is 16.2. The number of rotatable bonds is 7. The lowest BCUT2D eigenvalue weighted by Crippen LogP contribution is -2.41. The number of aryl methyl sites for hydroxylation is 1. The van der Waals surface area contributed by atoms with Gasteiger partial charge in [-0.25, -0.2) is 8.78 Å². The Morgan fingerprint density at radius 3 is 2.28 bits per heavy atom. The Hall–Kier alpha value is -4.10. The van der Waals surface area contributed by atoms with Crippen LogP contribution in [0.25, 0.3) is 0 Å². The highest BCUT2D eigenvalue weighted by molar-refractivity contribution is 5.59. The predicted octanol–water partition coefficient (Wildman–Crippen LogP) is 8.22. The molecule has 4 aromatic rings. The Labute approximate surface area is 277 Å². The van der Waals surface area contributed by atoms with Crippen LogP contribution in [0.4, 0.5) is 20.2 Å². The quantitative estimate of drug-likeness (QED) is 0.200. The molecule has 0 radical (unpaired) electrons. The SMILES string of the molecule is COc1cc(N2CCC(CN3CCC(c4ccc(N)c(F)c4)CC3)CC2)c(F)cc1C1c2ccc(O)cc2CCC1c1ccccc1. The van der Waals surface area contributed by atoms with Crippen molar-refractivity contribution >= 4 is 11.4 Å². The van der Waals surface area contributed by atoms with E-state index in [1.165, 1.54) is 5.56 Å². The van der Waals surface area contributed by atoms with Crippen LogP contribution in [0.15, 0.2) is 78.9 Å². The van der Waals surface area contributed by atoms with E-state index in [-0.39, 0.29) is 34.9 Å². The second kappa shape index (κ2) is 13.6. The van der Waals surface area contributed by atoms with Crippen molar-refractivity contribution in [2.45, 2.75) is 56.3 Å². The van der Waals surface area contributed by atoms with Crippen LogP contribution in [0.2, 0.25) is 0 Å². The first kappa shape index (κ1) is 31.5. The van der Waals surface area contributed by atoms with Gasteiger partial charge in [0.15, 0.2) is 0 Å². The zero-order valence-corrected chi connectivity index (χ0v) is 27.2. The Morgan fingerprint density at radius 1 is 0.787 bits per heavy atom. The molecule has 0 amide bonds. The van der Waals surface area contributed by atoms with Gasteiger partial charge in [-0.05, 0) is 122 Å². The highest BCUT2D eigenvalue weighted by Crippen LogP contribution is 2.50. The number of ether oxygens (including phenoxy) is 1. The number of nitrogen functional groups attached to an aromatic ring is 1. The van der Waals surface area contributed by atoms with Crippen molar-refractivity contribution in [3.63, 3.8) is 0 Å². The molecular formula is C40H45F2N3O2. The molecule has 2 atom stereocenters. The Balaban J connectivity index is 1.04. The summed E-state index contributed by atoms with van der Waals surface area (Å²) in [5.41, 5.74) is 11.9. The van der Waals surface area contributed by atoms with Gasteiger partial charge in [0.25, 0.3) is 0 Å². The van der Waals surface area contributed by atoms with Crippen molar-refractivity contribution in [2.24, 2.45) is 5.92 Å². The maximum atomic E-state index is 16.2. The smallest absolute Gasteiger partial charge is 0.147 e. The third-order valence-corrected chi connectivity index (χ3v) is 11.0. The number of anilines is 2. The first-order valence-corrected chi connectivity index (χ1v) is 17.1. The van der Waals surface area contributed by atoms with Crippen molar-refractivity contribution < 1.29 is 18.6 Å². The summed E-state index contributed by atoms with van der Waals surface area (Å²) in [5.74, 6) is 1.46. The molecule has 2 unspecified atom stereocenters. The fraction of sp³-hybridized carbons (Fsp3) is 0.400. The summed E-state index contributed by atoms with van der Waals surface area (Å²) < 4.78 is 36.2. The van der Waals surface area contributed by atoms with Gasteiger partial charge in [-0.1, -0.05) is 42.5 Å². The normalized spacial score (nSPS) is 21.0. The number of hydrogen-bond donors (Lipinski definition) is 2. The van der Waals surface area contributed by atoms with Gasteiger partial charge in [-0.2, -0.15) is 0 Å². The summed E-state index contributed by atoms with van der Waals surface area (Å²) in [6.07, 6.45) is 5.85. The molecule has 2 saturated heterocycles. The van der Waals surface area contributed by atoms with Gasteiger partial charge in [0, 0.05) is 37.2 Å². The lowest BCUT2D eigenvalue weighted by atomic mass is 9.69. The molecule has 7 rings (SSSR count). The standard InChI is InChI=1S/C40H45F2N3O2/c1-47-39-24-38(45-19-13-26(14-20-45)25-44-17-15-27(16-18-44)29-8-12-37(43)35(41)22-29)36(42)23-34(39)40-32(28-5-3-2-4-6-28)10-7-30-21-31(46)9-11-33(30)40/h2-6,8-9,11-12,21-24,26-27,32,40,46H,7,10,13-20,25,43H2,1H3. The monoisotopic (exact) mass is 637 g/mol. The van der Waals surface area contributed by atoms with Gasteiger partial charge in [0.1, 0.15) is 23.1 Å². The molecule has 3 aliphatic rings. The Morgan fingerprint density at radius 2 is 1.55 bits per heavy atom. The number of piperidine rings is 2. The van der Waals surface area contributed by atoms with E-state index in [4.69, 9.17) is 10.5 Å². The van der Waals surface area contributed by atoms with Crippen LogP contribution in [-0.2, 0) is 6.42 Å². The largest absolute Gasteiger partial charge is 0.508 e. The molecule has 47 heavy (non-hydrogen) atoms. The lowest BCUT2D eigenvalue weighted by molar-refractivity contribution is 0.170. The summed E-state index contributed by atoms with van der Waals surface area (Å²) in [5, 5.41) is 10.2. The van der Waals surface area contributed by atoms with E-state index < -0.39 is 0 Å². The van der Waals surface area contributed by atoms with Crippen LogP contribution in [0.3, 0.4) is 0 Å². The third-order valence-electron chi connectivity index (χ3n) is 11.0. The van der Waals surface area contributed by atoms with Crippen molar-refractivity contribution in [3.05, 3.63) is 118 Å². The van der Waals surface area contributed by atoms with E-state index in [0.717, 1.165) is 93.5 Å². The molecule has 4 aromatic carbocycles. The third kappa shape index (κ3) is 6.55. The van der Waals surface area contributed by atoms with Gasteiger partial charge in [-0.15, -0.1) is 0 Å². The van der Waals surface area contributed by atoms with Crippen LogP contribution < -0.4 is 15.4 Å². The number of fused-ring (bicyclic) bond motifs is 1. The Bertz CT molecular complexity index is 1700. The molecule has 0 bridgehead atoms. The van der Waals surface area contributed by atoms with E-state index in [1.807, 2.05) is 30.3 Å². The van der Waals surface area contributed by atoms with Gasteiger partial charge < -0.3 is 25.4 Å². The lowest BCUT2D eigenvalue weighted by Gasteiger charge is -2.39. The summed E-state index contributed by atoms with van der Waals surface area (Å²) >= 11 is 0. The minimum Gasteiger partial charge on any atom is -0.508 e. The zero-order chi connectivity index (χ0) is 32.5. The van der Waals surface area contributed by atoms with Gasteiger partial charge >= 0.3 is 0 Å². The number of phenols is 1. The van der Waals surface area contributed by atoms with Crippen molar-refractivity contribution in [1.82, 2.24) is 4.90 Å². The molecule has 246 valence electrons. The topological polar surface area (TPSA) is 62.0 Å². The number of halogens is 2. The van der Waals surface area contributed by atoms with Crippen molar-refractivity contribution in [2.75, 3.05) is 50.5 Å². The van der Waals surface area contributed by atoms with E-state index in [0.29, 0.717) is 23.3 Å². The summed E-state index contributed by atoms with van der Waals surface area (Å²) in [4.78, 5) is 4.73. The molecule has 2 heterocycles. The zero-order valence-electron chi connectivity index (χ0n) is 27.2. The summed E-state index contributed by atoms with van der Waals surface area (Å²) in [6, 6.07) is 24.9. The van der Waals surface area contributed by atoms with Gasteiger partial charge in [-0.3, -0.25) is 0 Å². The van der Waals surface area contributed by atoms with E-state index in [1.54, 1.807) is 31.4 Å². The van der Waals surface area contributed by atoms with Gasteiger partial charge in [0.2, 0.25) is 0 Å². The second-order valence-electron chi connectivity index (χ2n) is 13.7. The number of phenolic OH excluding ortho intramolecular Hbond substituents is 1. The fourth-order valence-electron chi connectivity index (χ4n) is 8.44. The van der Waals surface area contributed by atoms with E-state index in [2.05, 4.69) is 34.1 Å². The number of benzene rings is 4. The molecule has 2 fully saturated rings. The van der Waals surface area contributed by atoms with Crippen LogP contribution in [0.5, 0.6) is 11.5 Å². The highest BCUT2D eigenvalue weighted by Gasteiger charge is 2.35. The van der Waals surface area contributed by atoms with Gasteiger partial charge in [0.05, 0.1) is 18.5 Å². The van der Waals surface area contributed by atoms with Crippen LogP contribution in [-0.4, -0.2) is 49.8 Å². The van der Waals surface area contributed by atoms with Crippen molar-refractivity contribution in [1.29, 1.82) is 0 Å². The molecule has 3 N–H and O–H groups in total. The van der Waals surface area contributed by atoms with E-state index >= 15 is 4.39 Å². The van der Waals surface area contributed by atoms with Crippen LogP contribution in [0.1, 0.15) is 77.7 Å². The molecule has 0 spiro atoms. The first-order valence-electron chi connectivity index (χ1n) is 17.1. The molecule has 1 aliphatic carbocycles. The average molecular weight is 638 g/mol. The van der Waals surface area contributed by atoms with E-state index in [9.17, 15) is 9.50 Å². The number of hydrogen-bond acceptors (Lipinski definition) is 5. The first-order chi connectivity index (χ1) is 22.9. The van der Waals surface area contributed by atoms with Crippen LogP contribution >= 0.6 is 0 Å². The fourth-order valence-corrected chi connectivity index (χ4v) is 8.44. The molecule has 2 aliphatic heterocycles. The number of nitrogens with zero attached hydrogens (tertiary/aromatic N) is 2. The number of nitrogens with two attached hydrogens (primary N) is 1. The minimum atomic E-state index is -0.322. The number of likely N-dealkylation sites (tertiary alicyclic amines) is 1. The molecular weight excluding hydrogens is 592 g/mol. The van der Waals surface area contributed by atoms with Crippen molar-refractivity contribution in [3.8, 4) is 11.5 Å². The number of aromatic hydroxyl groups is 1. The van der Waals surface area contributed by atoms with Crippen LogP contribution in [0, 0.1) is 17.6 Å². The number of methoxy groups -OCH3 is 1. The highest BCUT2D eigenvalue weighted by atomic mass is 19.1. The molecule has 0 saturated carbocycles. The molecule has 5 nitrogen and oxygen atoms in total. The minimum absolute atomic E-state index is 0.0887. The summed E-state index contributed by atoms with van der Waals surface area (Å²) in [7, 11) is 1.68. The summed E-state index contributed by atoms with van der Waals surface area (Å²) in [6.45, 7) is 4.70. The molecule has 0 aromatic heterocycles.